The maximum absolute atomic E-state index is 13.1. The molecule has 1 aromatic carbocycles. The summed E-state index contributed by atoms with van der Waals surface area (Å²) < 4.78 is 52.6. The van der Waals surface area contributed by atoms with Crippen LogP contribution < -0.4 is 0 Å². The molecule has 2 aromatic rings. The minimum atomic E-state index is -4.54. The van der Waals surface area contributed by atoms with Crippen LogP contribution in [0.15, 0.2) is 18.3 Å². The summed E-state index contributed by atoms with van der Waals surface area (Å²) in [5.74, 6) is -0.867. The van der Waals surface area contributed by atoms with E-state index < -0.39 is 17.6 Å². The van der Waals surface area contributed by atoms with Gasteiger partial charge >= 0.3 is 6.18 Å². The number of rotatable bonds is 0. The number of fused-ring (bicyclic) bond motifs is 1. The van der Waals surface area contributed by atoms with Gasteiger partial charge in [0.15, 0.2) is 0 Å². The van der Waals surface area contributed by atoms with Crippen LogP contribution in [-0.2, 0) is 13.2 Å². The fourth-order valence-corrected chi connectivity index (χ4v) is 1.92. The molecule has 0 N–H and O–H groups in total. The van der Waals surface area contributed by atoms with Crippen molar-refractivity contribution < 1.29 is 17.6 Å². The molecular formula is C11H9F4N. The van der Waals surface area contributed by atoms with Gasteiger partial charge in [0.05, 0.1) is 11.1 Å². The van der Waals surface area contributed by atoms with Crippen LogP contribution in [0.1, 0.15) is 11.1 Å². The number of aryl methyl sites for hydroxylation is 2. The summed E-state index contributed by atoms with van der Waals surface area (Å²) in [6, 6.07) is 1.65. The molecule has 0 saturated heterocycles. The van der Waals surface area contributed by atoms with Gasteiger partial charge in [-0.25, -0.2) is 4.39 Å². The number of benzene rings is 1. The molecule has 0 aliphatic rings. The average molecular weight is 231 g/mol. The first-order valence-corrected chi connectivity index (χ1v) is 4.63. The lowest BCUT2D eigenvalue weighted by atomic mass is 10.1. The van der Waals surface area contributed by atoms with Crippen LogP contribution >= 0.6 is 0 Å². The number of alkyl halides is 3. The van der Waals surface area contributed by atoms with E-state index in [9.17, 15) is 17.6 Å². The Morgan fingerprint density at radius 2 is 1.81 bits per heavy atom. The number of hydrogen-bond donors (Lipinski definition) is 0. The highest BCUT2D eigenvalue weighted by Gasteiger charge is 2.34. The van der Waals surface area contributed by atoms with E-state index in [1.807, 2.05) is 0 Å². The highest BCUT2D eigenvalue weighted by molar-refractivity contribution is 5.87. The number of halogens is 4. The highest BCUT2D eigenvalue weighted by atomic mass is 19.4. The van der Waals surface area contributed by atoms with Crippen molar-refractivity contribution in [2.75, 3.05) is 0 Å². The third-order valence-corrected chi connectivity index (χ3v) is 2.54. The molecule has 0 amide bonds. The van der Waals surface area contributed by atoms with Crippen molar-refractivity contribution in [3.05, 3.63) is 35.3 Å². The van der Waals surface area contributed by atoms with Gasteiger partial charge in [-0.05, 0) is 24.6 Å². The summed E-state index contributed by atoms with van der Waals surface area (Å²) in [5, 5.41) is 0.301. The molecule has 0 aliphatic heterocycles. The van der Waals surface area contributed by atoms with Gasteiger partial charge in [0, 0.05) is 18.6 Å². The lowest BCUT2D eigenvalue weighted by molar-refractivity contribution is -0.136. The normalized spacial score (nSPS) is 12.4. The molecule has 0 radical (unpaired) electrons. The summed E-state index contributed by atoms with van der Waals surface area (Å²) in [7, 11) is 1.52. The SMILES string of the molecule is Cc1cn(C)c2c(C(F)(F)F)cc(F)cc12. The van der Waals surface area contributed by atoms with Crippen LogP contribution in [-0.4, -0.2) is 4.57 Å². The van der Waals surface area contributed by atoms with E-state index in [0.29, 0.717) is 17.0 Å². The average Bonchev–Trinajstić information content (AvgIpc) is 2.40. The van der Waals surface area contributed by atoms with Crippen molar-refractivity contribution in [1.82, 2.24) is 4.57 Å². The van der Waals surface area contributed by atoms with Gasteiger partial charge in [-0.2, -0.15) is 13.2 Å². The molecular weight excluding hydrogens is 222 g/mol. The quantitative estimate of drug-likeness (QED) is 0.610. The van der Waals surface area contributed by atoms with E-state index in [4.69, 9.17) is 0 Å². The lowest BCUT2D eigenvalue weighted by Crippen LogP contribution is -2.08. The Labute approximate surface area is 89.3 Å². The first kappa shape index (κ1) is 11.0. The van der Waals surface area contributed by atoms with Crippen LogP contribution in [0, 0.1) is 12.7 Å². The van der Waals surface area contributed by atoms with E-state index in [-0.39, 0.29) is 5.52 Å². The van der Waals surface area contributed by atoms with E-state index in [1.165, 1.54) is 11.6 Å². The molecule has 1 aromatic heterocycles. The zero-order valence-electron chi connectivity index (χ0n) is 8.69. The van der Waals surface area contributed by atoms with Crippen molar-refractivity contribution in [2.45, 2.75) is 13.1 Å². The van der Waals surface area contributed by atoms with Crippen LogP contribution in [0.5, 0.6) is 0 Å². The smallest absolute Gasteiger partial charge is 0.350 e. The molecule has 5 heteroatoms. The summed E-state index contributed by atoms with van der Waals surface area (Å²) in [6.07, 6.45) is -2.99. The third-order valence-electron chi connectivity index (χ3n) is 2.54. The Bertz CT molecular complexity index is 551. The molecule has 0 bridgehead atoms. The monoisotopic (exact) mass is 231 g/mol. The summed E-state index contributed by atoms with van der Waals surface area (Å²) >= 11 is 0. The van der Waals surface area contributed by atoms with Crippen molar-refractivity contribution in [3.63, 3.8) is 0 Å². The molecule has 0 spiro atoms. The lowest BCUT2D eigenvalue weighted by Gasteiger charge is -2.10. The van der Waals surface area contributed by atoms with E-state index in [2.05, 4.69) is 0 Å². The Kier molecular flexibility index (Phi) is 2.22. The fraction of sp³-hybridized carbons (Fsp3) is 0.273. The second kappa shape index (κ2) is 3.23. The van der Waals surface area contributed by atoms with Gasteiger partial charge in [-0.1, -0.05) is 0 Å². The van der Waals surface area contributed by atoms with Gasteiger partial charge in [0.2, 0.25) is 0 Å². The van der Waals surface area contributed by atoms with E-state index >= 15 is 0 Å². The van der Waals surface area contributed by atoms with Gasteiger partial charge < -0.3 is 4.57 Å². The van der Waals surface area contributed by atoms with Crippen molar-refractivity contribution in [1.29, 1.82) is 0 Å². The van der Waals surface area contributed by atoms with Crippen LogP contribution in [0.4, 0.5) is 17.6 Å². The summed E-state index contributed by atoms with van der Waals surface area (Å²) in [6.45, 7) is 1.65. The molecule has 0 fully saturated rings. The maximum atomic E-state index is 13.1. The van der Waals surface area contributed by atoms with Crippen LogP contribution in [0.3, 0.4) is 0 Å². The Morgan fingerprint density at radius 3 is 2.38 bits per heavy atom. The number of hydrogen-bond acceptors (Lipinski definition) is 0. The molecule has 1 heterocycles. The van der Waals surface area contributed by atoms with Gasteiger partial charge in [0.25, 0.3) is 0 Å². The predicted octanol–water partition coefficient (Wildman–Crippen LogP) is 3.64. The third kappa shape index (κ3) is 1.56. The predicted molar refractivity (Wildman–Crippen MR) is 52.6 cm³/mol. The molecule has 86 valence electrons. The highest BCUT2D eigenvalue weighted by Crippen LogP contribution is 2.36. The van der Waals surface area contributed by atoms with Crippen molar-refractivity contribution in [2.24, 2.45) is 7.05 Å². The van der Waals surface area contributed by atoms with Crippen molar-refractivity contribution in [3.8, 4) is 0 Å². The Hall–Kier alpha value is -1.52. The first-order valence-electron chi connectivity index (χ1n) is 4.63. The van der Waals surface area contributed by atoms with Gasteiger partial charge in [-0.15, -0.1) is 0 Å². The van der Waals surface area contributed by atoms with Gasteiger partial charge in [-0.3, -0.25) is 0 Å². The zero-order chi connectivity index (χ0) is 12.1. The second-order valence-corrected chi connectivity index (χ2v) is 3.77. The maximum Gasteiger partial charge on any atom is 0.418 e. The minimum Gasteiger partial charge on any atom is -0.350 e. The van der Waals surface area contributed by atoms with Gasteiger partial charge in [0.1, 0.15) is 5.82 Å². The zero-order valence-corrected chi connectivity index (χ0v) is 8.69. The Balaban J connectivity index is 2.92. The standard InChI is InChI=1S/C11H9F4N/c1-6-5-16(2)10-8(6)3-7(12)4-9(10)11(13,14)15/h3-5H,1-2H3. The second-order valence-electron chi connectivity index (χ2n) is 3.77. The molecule has 0 unspecified atom stereocenters. The molecule has 2 rings (SSSR count). The molecule has 0 aliphatic carbocycles. The first-order chi connectivity index (χ1) is 7.30. The minimum absolute atomic E-state index is 0.0198. The van der Waals surface area contributed by atoms with Crippen LogP contribution in [0.2, 0.25) is 0 Å². The fourth-order valence-electron chi connectivity index (χ4n) is 1.92. The largest absolute Gasteiger partial charge is 0.418 e. The molecule has 0 saturated carbocycles. The van der Waals surface area contributed by atoms with E-state index in [0.717, 1.165) is 6.07 Å². The number of nitrogens with zero attached hydrogens (tertiary/aromatic N) is 1. The summed E-state index contributed by atoms with van der Waals surface area (Å²) in [4.78, 5) is 0. The molecule has 16 heavy (non-hydrogen) atoms. The molecule has 0 atom stereocenters. The topological polar surface area (TPSA) is 4.93 Å². The summed E-state index contributed by atoms with van der Waals surface area (Å²) in [5.41, 5.74) is -0.285. The van der Waals surface area contributed by atoms with E-state index in [1.54, 1.807) is 13.1 Å². The van der Waals surface area contributed by atoms with Crippen LogP contribution in [0.25, 0.3) is 10.9 Å². The Morgan fingerprint density at radius 1 is 1.19 bits per heavy atom. The number of aromatic nitrogens is 1. The molecule has 1 nitrogen and oxygen atoms in total. The van der Waals surface area contributed by atoms with Crippen molar-refractivity contribution >= 4 is 10.9 Å².